The number of esters is 1. The van der Waals surface area contributed by atoms with E-state index in [4.69, 9.17) is 4.74 Å². The van der Waals surface area contributed by atoms with Crippen molar-refractivity contribution >= 4 is 5.97 Å². The molecule has 0 heterocycles. The van der Waals surface area contributed by atoms with Crippen molar-refractivity contribution in [3.05, 3.63) is 35.4 Å². The highest BCUT2D eigenvalue weighted by Crippen LogP contribution is 2.10. The average molecular weight is 249 g/mol. The minimum absolute atomic E-state index is 0.124. The number of nitrogens with zero attached hydrogens (tertiary/aromatic N) is 1. The van der Waals surface area contributed by atoms with Gasteiger partial charge in [0.05, 0.1) is 13.0 Å². The number of carbonyl (C=O) groups is 1. The van der Waals surface area contributed by atoms with Gasteiger partial charge >= 0.3 is 5.97 Å². The molecule has 1 unspecified atom stereocenters. The third-order valence-corrected chi connectivity index (χ3v) is 3.03. The predicted octanol–water partition coefficient (Wildman–Crippen LogP) is 2.77. The molecule has 0 N–H and O–H groups in total. The van der Waals surface area contributed by atoms with Crippen LogP contribution in [-0.2, 0) is 16.1 Å². The summed E-state index contributed by atoms with van der Waals surface area (Å²) in [6.45, 7) is 7.27. The average Bonchev–Trinajstić information content (AvgIpc) is 2.29. The predicted molar refractivity (Wildman–Crippen MR) is 73.4 cm³/mol. The summed E-state index contributed by atoms with van der Waals surface area (Å²) in [6, 6.07) is 8.62. The Labute approximate surface area is 110 Å². The Hall–Kier alpha value is -1.35. The SMILES string of the molecule is CCOC(=O)CC(C)N(C)Cc1cccc(C)c1. The van der Waals surface area contributed by atoms with Crippen LogP contribution in [0.25, 0.3) is 0 Å². The van der Waals surface area contributed by atoms with Crippen LogP contribution in [-0.4, -0.2) is 30.6 Å². The molecule has 0 fully saturated rings. The fourth-order valence-electron chi connectivity index (χ4n) is 1.87. The van der Waals surface area contributed by atoms with Gasteiger partial charge in [0.15, 0.2) is 0 Å². The number of carbonyl (C=O) groups excluding carboxylic acids is 1. The van der Waals surface area contributed by atoms with Crippen LogP contribution < -0.4 is 0 Å². The third kappa shape index (κ3) is 4.88. The molecule has 18 heavy (non-hydrogen) atoms. The van der Waals surface area contributed by atoms with Crippen LogP contribution in [0.2, 0.25) is 0 Å². The fourth-order valence-corrected chi connectivity index (χ4v) is 1.87. The highest BCUT2D eigenvalue weighted by Gasteiger charge is 2.14. The van der Waals surface area contributed by atoms with E-state index < -0.39 is 0 Å². The van der Waals surface area contributed by atoms with Gasteiger partial charge in [-0.05, 0) is 33.4 Å². The number of ether oxygens (including phenoxy) is 1. The molecule has 100 valence electrons. The Bertz CT molecular complexity index is 390. The Balaban J connectivity index is 2.49. The number of hydrogen-bond acceptors (Lipinski definition) is 3. The Morgan fingerprint density at radius 2 is 2.17 bits per heavy atom. The molecule has 1 aromatic carbocycles. The molecule has 0 aromatic heterocycles. The van der Waals surface area contributed by atoms with Gasteiger partial charge in [-0.3, -0.25) is 9.69 Å². The highest BCUT2D eigenvalue weighted by atomic mass is 16.5. The molecule has 1 aromatic rings. The van der Waals surface area contributed by atoms with Crippen molar-refractivity contribution in [2.75, 3.05) is 13.7 Å². The molecule has 0 spiro atoms. The van der Waals surface area contributed by atoms with Crippen molar-refractivity contribution in [2.24, 2.45) is 0 Å². The van der Waals surface area contributed by atoms with Crippen LogP contribution in [0, 0.1) is 6.92 Å². The molecule has 0 aliphatic carbocycles. The number of aryl methyl sites for hydroxylation is 1. The molecule has 0 aliphatic rings. The van der Waals surface area contributed by atoms with Crippen LogP contribution in [0.5, 0.6) is 0 Å². The van der Waals surface area contributed by atoms with Crippen LogP contribution >= 0.6 is 0 Å². The largest absolute Gasteiger partial charge is 0.466 e. The first-order valence-corrected chi connectivity index (χ1v) is 6.44. The zero-order valence-corrected chi connectivity index (χ0v) is 11.8. The van der Waals surface area contributed by atoms with Crippen molar-refractivity contribution in [1.29, 1.82) is 0 Å². The lowest BCUT2D eigenvalue weighted by atomic mass is 10.1. The van der Waals surface area contributed by atoms with Crippen LogP contribution in [0.15, 0.2) is 24.3 Å². The van der Waals surface area contributed by atoms with Gasteiger partial charge in [-0.15, -0.1) is 0 Å². The molecule has 0 amide bonds. The van der Waals surface area contributed by atoms with E-state index >= 15 is 0 Å². The summed E-state index contributed by atoms with van der Waals surface area (Å²) in [7, 11) is 2.03. The third-order valence-electron chi connectivity index (χ3n) is 3.03. The van der Waals surface area contributed by atoms with Gasteiger partial charge in [0, 0.05) is 12.6 Å². The van der Waals surface area contributed by atoms with E-state index in [0.29, 0.717) is 13.0 Å². The van der Waals surface area contributed by atoms with Crippen LogP contribution in [0.1, 0.15) is 31.4 Å². The maximum atomic E-state index is 11.4. The van der Waals surface area contributed by atoms with E-state index in [1.807, 2.05) is 20.9 Å². The lowest BCUT2D eigenvalue weighted by molar-refractivity contribution is -0.144. The number of rotatable bonds is 6. The first-order chi connectivity index (χ1) is 8.52. The highest BCUT2D eigenvalue weighted by molar-refractivity contribution is 5.70. The smallest absolute Gasteiger partial charge is 0.307 e. The summed E-state index contributed by atoms with van der Waals surface area (Å²) in [6.07, 6.45) is 0.441. The molecule has 1 rings (SSSR count). The fraction of sp³-hybridized carbons (Fsp3) is 0.533. The molecule has 3 heteroatoms. The second-order valence-corrected chi connectivity index (χ2v) is 4.76. The quantitative estimate of drug-likeness (QED) is 0.726. The first kappa shape index (κ1) is 14.7. The van der Waals surface area contributed by atoms with Crippen molar-refractivity contribution < 1.29 is 9.53 Å². The molecular formula is C15H23NO2. The normalized spacial score (nSPS) is 12.5. The maximum absolute atomic E-state index is 11.4. The van der Waals surface area contributed by atoms with Crippen molar-refractivity contribution in [3.8, 4) is 0 Å². The Kier molecular flexibility index (Phi) is 5.86. The van der Waals surface area contributed by atoms with Crippen molar-refractivity contribution in [1.82, 2.24) is 4.90 Å². The maximum Gasteiger partial charge on any atom is 0.307 e. The van der Waals surface area contributed by atoms with E-state index in [1.54, 1.807) is 0 Å². The van der Waals surface area contributed by atoms with E-state index in [9.17, 15) is 4.79 Å². The van der Waals surface area contributed by atoms with Gasteiger partial charge in [-0.1, -0.05) is 29.8 Å². The molecule has 0 bridgehead atoms. The molecule has 0 aliphatic heterocycles. The molecular weight excluding hydrogens is 226 g/mol. The van der Waals surface area contributed by atoms with Gasteiger partial charge < -0.3 is 4.74 Å². The minimum Gasteiger partial charge on any atom is -0.466 e. The van der Waals surface area contributed by atoms with Gasteiger partial charge in [-0.2, -0.15) is 0 Å². The lowest BCUT2D eigenvalue weighted by Gasteiger charge is -2.24. The van der Waals surface area contributed by atoms with Gasteiger partial charge in [0.2, 0.25) is 0 Å². The van der Waals surface area contributed by atoms with E-state index in [1.165, 1.54) is 11.1 Å². The number of benzene rings is 1. The molecule has 0 saturated heterocycles. The van der Waals surface area contributed by atoms with Gasteiger partial charge in [0.25, 0.3) is 0 Å². The van der Waals surface area contributed by atoms with E-state index in [2.05, 4.69) is 36.1 Å². The van der Waals surface area contributed by atoms with Gasteiger partial charge in [0.1, 0.15) is 0 Å². The molecule has 1 atom stereocenters. The molecule has 0 radical (unpaired) electrons. The van der Waals surface area contributed by atoms with Crippen LogP contribution in [0.3, 0.4) is 0 Å². The summed E-state index contributed by atoms with van der Waals surface area (Å²) in [4.78, 5) is 13.6. The Morgan fingerprint density at radius 1 is 1.44 bits per heavy atom. The second-order valence-electron chi connectivity index (χ2n) is 4.76. The van der Waals surface area contributed by atoms with Crippen LogP contribution in [0.4, 0.5) is 0 Å². The van der Waals surface area contributed by atoms with E-state index in [-0.39, 0.29) is 12.0 Å². The first-order valence-electron chi connectivity index (χ1n) is 6.44. The summed E-state index contributed by atoms with van der Waals surface area (Å²) < 4.78 is 4.97. The Morgan fingerprint density at radius 3 is 2.78 bits per heavy atom. The standard InChI is InChI=1S/C15H23NO2/c1-5-18-15(17)10-13(3)16(4)11-14-8-6-7-12(2)9-14/h6-9,13H,5,10-11H2,1-4H3. The van der Waals surface area contributed by atoms with Gasteiger partial charge in [-0.25, -0.2) is 0 Å². The monoisotopic (exact) mass is 249 g/mol. The molecule has 3 nitrogen and oxygen atoms in total. The molecule has 0 saturated carbocycles. The topological polar surface area (TPSA) is 29.5 Å². The summed E-state index contributed by atoms with van der Waals surface area (Å²) in [5.41, 5.74) is 2.53. The van der Waals surface area contributed by atoms with Crippen molar-refractivity contribution in [3.63, 3.8) is 0 Å². The second kappa shape index (κ2) is 7.17. The summed E-state index contributed by atoms with van der Waals surface area (Å²) in [5.74, 6) is -0.124. The minimum atomic E-state index is -0.124. The zero-order valence-electron chi connectivity index (χ0n) is 11.8. The van der Waals surface area contributed by atoms with E-state index in [0.717, 1.165) is 6.54 Å². The summed E-state index contributed by atoms with van der Waals surface area (Å²) in [5, 5.41) is 0. The number of hydrogen-bond donors (Lipinski definition) is 0. The zero-order chi connectivity index (χ0) is 13.5. The summed E-state index contributed by atoms with van der Waals surface area (Å²) >= 11 is 0. The lowest BCUT2D eigenvalue weighted by Crippen LogP contribution is -2.31. The van der Waals surface area contributed by atoms with Crippen molar-refractivity contribution in [2.45, 2.75) is 39.8 Å².